The van der Waals surface area contributed by atoms with E-state index in [1.807, 2.05) is 41.7 Å². The average molecular weight is 472 g/mol. The number of alkyl halides is 3. The first kappa shape index (κ1) is 24.6. The van der Waals surface area contributed by atoms with Gasteiger partial charge in [-0.05, 0) is 29.7 Å². The normalized spacial score (nSPS) is 10.9. The number of methoxy groups -OCH3 is 1. The van der Waals surface area contributed by atoms with E-state index in [2.05, 4.69) is 5.32 Å². The zero-order chi connectivity index (χ0) is 24.6. The first-order valence-corrected chi connectivity index (χ1v) is 10.4. The maximum Gasteiger partial charge on any atom is 0.417 e. The molecule has 0 aliphatic heterocycles. The van der Waals surface area contributed by atoms with Gasteiger partial charge in [0.15, 0.2) is 11.5 Å². The van der Waals surface area contributed by atoms with Gasteiger partial charge in [0.05, 0.1) is 18.2 Å². The Balaban J connectivity index is 1.75. The van der Waals surface area contributed by atoms with Gasteiger partial charge in [0.2, 0.25) is 0 Å². The van der Waals surface area contributed by atoms with E-state index in [1.165, 1.54) is 7.11 Å². The number of ether oxygens (including phenoxy) is 2. The van der Waals surface area contributed by atoms with Crippen LogP contribution in [-0.4, -0.2) is 25.6 Å². The number of amides is 3. The molecule has 34 heavy (non-hydrogen) atoms. The van der Waals surface area contributed by atoms with Gasteiger partial charge in [0.25, 0.3) is 5.91 Å². The smallest absolute Gasteiger partial charge is 0.417 e. The van der Waals surface area contributed by atoms with Crippen molar-refractivity contribution in [2.75, 3.05) is 13.7 Å². The highest BCUT2D eigenvalue weighted by Crippen LogP contribution is 2.39. The van der Waals surface area contributed by atoms with E-state index < -0.39 is 29.2 Å². The molecule has 0 bridgehead atoms. The van der Waals surface area contributed by atoms with Crippen molar-refractivity contribution in [1.29, 1.82) is 0 Å². The zero-order valence-electron chi connectivity index (χ0n) is 18.3. The molecule has 3 aromatic carbocycles. The molecule has 0 radical (unpaired) electrons. The van der Waals surface area contributed by atoms with Crippen LogP contribution >= 0.6 is 0 Å². The molecule has 0 saturated carbocycles. The number of carbonyl (C=O) groups is 2. The fourth-order valence-corrected chi connectivity index (χ4v) is 3.17. The standard InChI is InChI=1S/C25H23F3N2O4/c1-33-21-15-20(25(26,27)28)19(14-22(21)34-16-18-10-6-3-7-11-18)23(31)30-24(32)29-13-12-17-8-4-2-5-9-17/h2-11,14-15H,12-13,16H2,1H3,(H2,29,30,31,32). The fraction of sp³-hybridized carbons (Fsp3) is 0.200. The molecule has 9 heteroatoms. The topological polar surface area (TPSA) is 76.7 Å². The molecular weight excluding hydrogens is 449 g/mol. The lowest BCUT2D eigenvalue weighted by atomic mass is 10.0. The lowest BCUT2D eigenvalue weighted by Gasteiger charge is -2.17. The van der Waals surface area contributed by atoms with E-state index in [1.54, 1.807) is 24.3 Å². The third kappa shape index (κ3) is 6.74. The van der Waals surface area contributed by atoms with E-state index >= 15 is 0 Å². The van der Waals surface area contributed by atoms with Crippen molar-refractivity contribution in [3.8, 4) is 11.5 Å². The van der Waals surface area contributed by atoms with Crippen molar-refractivity contribution in [2.24, 2.45) is 0 Å². The van der Waals surface area contributed by atoms with E-state index in [4.69, 9.17) is 9.47 Å². The maximum absolute atomic E-state index is 13.7. The molecule has 3 rings (SSSR count). The van der Waals surface area contributed by atoms with Crippen molar-refractivity contribution in [1.82, 2.24) is 10.6 Å². The average Bonchev–Trinajstić information content (AvgIpc) is 2.82. The van der Waals surface area contributed by atoms with Gasteiger partial charge in [-0.3, -0.25) is 10.1 Å². The lowest BCUT2D eigenvalue weighted by molar-refractivity contribution is -0.138. The van der Waals surface area contributed by atoms with Gasteiger partial charge in [-0.25, -0.2) is 4.79 Å². The highest BCUT2D eigenvalue weighted by atomic mass is 19.4. The number of imide groups is 1. The Morgan fingerprint density at radius 2 is 1.50 bits per heavy atom. The van der Waals surface area contributed by atoms with Gasteiger partial charge < -0.3 is 14.8 Å². The molecule has 0 atom stereocenters. The lowest BCUT2D eigenvalue weighted by Crippen LogP contribution is -2.40. The number of halogens is 3. The van der Waals surface area contributed by atoms with Crippen molar-refractivity contribution in [3.05, 3.63) is 95.1 Å². The van der Waals surface area contributed by atoms with Crippen LogP contribution in [0.5, 0.6) is 11.5 Å². The van der Waals surface area contributed by atoms with E-state index in [-0.39, 0.29) is 24.7 Å². The minimum Gasteiger partial charge on any atom is -0.493 e. The van der Waals surface area contributed by atoms with Gasteiger partial charge in [-0.2, -0.15) is 13.2 Å². The second kappa shape index (κ2) is 11.2. The molecule has 0 aliphatic carbocycles. The molecule has 0 spiro atoms. The van der Waals surface area contributed by atoms with Gasteiger partial charge in [0.1, 0.15) is 6.61 Å². The summed E-state index contributed by atoms with van der Waals surface area (Å²) in [5.74, 6) is -1.46. The number of hydrogen-bond acceptors (Lipinski definition) is 4. The number of rotatable bonds is 8. The van der Waals surface area contributed by atoms with Gasteiger partial charge in [-0.15, -0.1) is 0 Å². The molecular formula is C25H23F3N2O4. The van der Waals surface area contributed by atoms with Crippen molar-refractivity contribution in [2.45, 2.75) is 19.2 Å². The highest BCUT2D eigenvalue weighted by Gasteiger charge is 2.37. The zero-order valence-corrected chi connectivity index (χ0v) is 18.3. The van der Waals surface area contributed by atoms with Gasteiger partial charge in [0, 0.05) is 6.54 Å². The number of urea groups is 1. The van der Waals surface area contributed by atoms with Crippen LogP contribution in [0.1, 0.15) is 27.0 Å². The van der Waals surface area contributed by atoms with Crippen LogP contribution in [0.4, 0.5) is 18.0 Å². The van der Waals surface area contributed by atoms with E-state index in [0.717, 1.165) is 17.2 Å². The molecule has 0 aromatic heterocycles. The van der Waals surface area contributed by atoms with Gasteiger partial charge in [-0.1, -0.05) is 60.7 Å². The Bertz CT molecular complexity index is 1120. The Morgan fingerprint density at radius 3 is 2.09 bits per heavy atom. The fourth-order valence-electron chi connectivity index (χ4n) is 3.17. The van der Waals surface area contributed by atoms with E-state index in [0.29, 0.717) is 12.5 Å². The predicted octanol–water partition coefficient (Wildman–Crippen LogP) is 4.98. The summed E-state index contributed by atoms with van der Waals surface area (Å²) in [5, 5.41) is 4.41. The van der Waals surface area contributed by atoms with Gasteiger partial charge >= 0.3 is 12.2 Å². The molecule has 3 amide bonds. The molecule has 3 aromatic rings. The van der Waals surface area contributed by atoms with Crippen LogP contribution in [-0.2, 0) is 19.2 Å². The molecule has 2 N–H and O–H groups in total. The Kier molecular flexibility index (Phi) is 8.13. The summed E-state index contributed by atoms with van der Waals surface area (Å²) in [6.45, 7) is 0.243. The SMILES string of the molecule is COc1cc(C(F)(F)F)c(C(=O)NC(=O)NCCc2ccccc2)cc1OCc1ccccc1. The molecule has 6 nitrogen and oxygen atoms in total. The van der Waals surface area contributed by atoms with Crippen molar-refractivity contribution < 1.29 is 32.2 Å². The summed E-state index contributed by atoms with van der Waals surface area (Å²) in [6.07, 6.45) is -4.36. The summed E-state index contributed by atoms with van der Waals surface area (Å²) in [7, 11) is 1.20. The molecule has 0 aliphatic rings. The summed E-state index contributed by atoms with van der Waals surface area (Å²) in [4.78, 5) is 24.7. The molecule has 0 saturated heterocycles. The largest absolute Gasteiger partial charge is 0.493 e. The summed E-state index contributed by atoms with van der Waals surface area (Å²) < 4.78 is 51.6. The summed E-state index contributed by atoms with van der Waals surface area (Å²) in [6, 6.07) is 18.9. The minimum atomic E-state index is -4.86. The van der Waals surface area contributed by atoms with Crippen LogP contribution < -0.4 is 20.1 Å². The van der Waals surface area contributed by atoms with Crippen LogP contribution in [0.2, 0.25) is 0 Å². The Labute approximate surface area is 194 Å². The maximum atomic E-state index is 13.7. The van der Waals surface area contributed by atoms with Crippen molar-refractivity contribution >= 4 is 11.9 Å². The predicted molar refractivity (Wildman–Crippen MR) is 120 cm³/mol. The Morgan fingerprint density at radius 1 is 0.882 bits per heavy atom. The van der Waals surface area contributed by atoms with Crippen LogP contribution in [0.3, 0.4) is 0 Å². The summed E-state index contributed by atoms with van der Waals surface area (Å²) >= 11 is 0. The second-order valence-corrected chi connectivity index (χ2v) is 7.27. The third-order valence-corrected chi connectivity index (χ3v) is 4.86. The molecule has 0 heterocycles. The molecule has 178 valence electrons. The number of hydrogen-bond donors (Lipinski definition) is 2. The van der Waals surface area contributed by atoms with Crippen LogP contribution in [0.15, 0.2) is 72.8 Å². The van der Waals surface area contributed by atoms with E-state index in [9.17, 15) is 22.8 Å². The van der Waals surface area contributed by atoms with Crippen LogP contribution in [0, 0.1) is 0 Å². The highest BCUT2D eigenvalue weighted by molar-refractivity contribution is 6.05. The Hall–Kier alpha value is -4.01. The number of carbonyl (C=O) groups excluding carboxylic acids is 2. The number of nitrogens with one attached hydrogen (secondary N) is 2. The second-order valence-electron chi connectivity index (χ2n) is 7.27. The molecule has 0 fully saturated rings. The third-order valence-electron chi connectivity index (χ3n) is 4.86. The quantitative estimate of drug-likeness (QED) is 0.485. The first-order valence-electron chi connectivity index (χ1n) is 10.4. The first-order chi connectivity index (χ1) is 16.3. The number of benzene rings is 3. The minimum absolute atomic E-state index is 0.0452. The summed E-state index contributed by atoms with van der Waals surface area (Å²) in [5.41, 5.74) is -0.266. The monoisotopic (exact) mass is 472 g/mol. The molecule has 0 unspecified atom stereocenters. The van der Waals surface area contributed by atoms with Crippen molar-refractivity contribution in [3.63, 3.8) is 0 Å². The van der Waals surface area contributed by atoms with Crippen LogP contribution in [0.25, 0.3) is 0 Å².